The fourth-order valence-electron chi connectivity index (χ4n) is 7.31. The van der Waals surface area contributed by atoms with Crippen LogP contribution in [0.4, 0.5) is 0 Å². The summed E-state index contributed by atoms with van der Waals surface area (Å²) >= 11 is 3.81. The van der Waals surface area contributed by atoms with Gasteiger partial charge in [-0.2, -0.15) is 0 Å². The van der Waals surface area contributed by atoms with Crippen LogP contribution in [-0.2, 0) is 0 Å². The Morgan fingerprint density at radius 1 is 0.356 bits per heavy atom. The predicted molar refractivity (Wildman–Crippen MR) is 197 cm³/mol. The maximum atomic E-state index is 2.47. The number of para-hydroxylation sites is 2. The molecule has 0 aliphatic rings. The van der Waals surface area contributed by atoms with Crippen molar-refractivity contribution in [3.63, 3.8) is 0 Å². The highest BCUT2D eigenvalue weighted by molar-refractivity contribution is 7.27. The van der Waals surface area contributed by atoms with Crippen LogP contribution in [0.5, 0.6) is 0 Å². The van der Waals surface area contributed by atoms with Gasteiger partial charge in [0.25, 0.3) is 0 Å². The average Bonchev–Trinajstić information content (AvgIpc) is 3.78. The van der Waals surface area contributed by atoms with Crippen molar-refractivity contribution in [3.05, 3.63) is 152 Å². The van der Waals surface area contributed by atoms with Crippen LogP contribution in [0, 0.1) is 0 Å². The van der Waals surface area contributed by atoms with Crippen molar-refractivity contribution in [2.75, 3.05) is 0 Å². The molecule has 1 nitrogen and oxygen atoms in total. The van der Waals surface area contributed by atoms with E-state index in [1.807, 2.05) is 22.7 Å². The second-order valence-corrected chi connectivity index (χ2v) is 13.7. The molecule has 0 unspecified atom stereocenters. The Morgan fingerprint density at radius 2 is 0.956 bits per heavy atom. The van der Waals surface area contributed by atoms with Gasteiger partial charge in [-0.1, -0.05) is 121 Å². The molecule has 0 aliphatic carbocycles. The molecule has 0 amide bonds. The second-order valence-electron chi connectivity index (χ2n) is 11.6. The lowest BCUT2D eigenvalue weighted by atomic mass is 9.92. The SMILES string of the molecule is c1ccc(-c2ccc(-c3cccc4sc5ccccc5c34)c3c2sc2c(-n4c5ccccc5c5ccccc54)cccc23)cc1. The van der Waals surface area contributed by atoms with Gasteiger partial charge < -0.3 is 4.57 Å². The zero-order chi connectivity index (χ0) is 29.5. The minimum absolute atomic E-state index is 1.23. The van der Waals surface area contributed by atoms with E-state index in [0.717, 1.165) is 0 Å². The monoisotopic (exact) mass is 607 g/mol. The molecule has 10 rings (SSSR count). The first-order valence-electron chi connectivity index (χ1n) is 15.3. The Bertz CT molecular complexity index is 2710. The highest BCUT2D eigenvalue weighted by Gasteiger charge is 2.21. The largest absolute Gasteiger partial charge is 0.308 e. The molecule has 3 heterocycles. The summed E-state index contributed by atoms with van der Waals surface area (Å²) in [5.41, 5.74) is 8.84. The van der Waals surface area contributed by atoms with E-state index in [0.29, 0.717) is 0 Å². The van der Waals surface area contributed by atoms with Crippen molar-refractivity contribution >= 4 is 84.8 Å². The van der Waals surface area contributed by atoms with Crippen LogP contribution in [0.15, 0.2) is 152 Å². The van der Waals surface area contributed by atoms with Crippen LogP contribution in [0.2, 0.25) is 0 Å². The maximum Gasteiger partial charge on any atom is 0.0640 e. The molecule has 0 spiro atoms. The molecule has 0 N–H and O–H groups in total. The number of hydrogen-bond donors (Lipinski definition) is 0. The first-order chi connectivity index (χ1) is 22.3. The highest BCUT2D eigenvalue weighted by Crippen LogP contribution is 2.49. The molecular formula is C42H25NS2. The van der Waals surface area contributed by atoms with Crippen LogP contribution in [0.1, 0.15) is 0 Å². The summed E-state index contributed by atoms with van der Waals surface area (Å²) in [6.45, 7) is 0. The van der Waals surface area contributed by atoms with E-state index < -0.39 is 0 Å². The van der Waals surface area contributed by atoms with Crippen LogP contribution < -0.4 is 0 Å². The van der Waals surface area contributed by atoms with Crippen LogP contribution in [0.25, 0.3) is 90.1 Å². The molecular weight excluding hydrogens is 583 g/mol. The fraction of sp³-hybridized carbons (Fsp3) is 0. The average molecular weight is 608 g/mol. The number of aromatic nitrogens is 1. The Kier molecular flexibility index (Phi) is 5.39. The van der Waals surface area contributed by atoms with Gasteiger partial charge in [-0.15, -0.1) is 22.7 Å². The van der Waals surface area contributed by atoms with Crippen molar-refractivity contribution in [2.24, 2.45) is 0 Å². The van der Waals surface area contributed by atoms with Crippen molar-refractivity contribution in [3.8, 4) is 27.9 Å². The van der Waals surface area contributed by atoms with Crippen molar-refractivity contribution in [1.29, 1.82) is 0 Å². The normalized spacial score (nSPS) is 12.0. The summed E-state index contributed by atoms with van der Waals surface area (Å²) < 4.78 is 7.78. The summed E-state index contributed by atoms with van der Waals surface area (Å²) in [5, 5.41) is 7.89. The lowest BCUT2D eigenvalue weighted by Gasteiger charge is -2.11. The van der Waals surface area contributed by atoms with Gasteiger partial charge in [-0.25, -0.2) is 0 Å². The fourth-order valence-corrected chi connectivity index (χ4v) is 9.81. The van der Waals surface area contributed by atoms with E-state index in [2.05, 4.69) is 156 Å². The summed E-state index contributed by atoms with van der Waals surface area (Å²) in [5.74, 6) is 0. The van der Waals surface area contributed by atoms with Crippen LogP contribution in [-0.4, -0.2) is 4.57 Å². The van der Waals surface area contributed by atoms with E-state index >= 15 is 0 Å². The molecule has 0 aliphatic heterocycles. The molecule has 0 fully saturated rings. The number of rotatable bonds is 3. The lowest BCUT2D eigenvalue weighted by molar-refractivity contribution is 1.20. The summed E-state index contributed by atoms with van der Waals surface area (Å²) in [6.07, 6.45) is 0. The van der Waals surface area contributed by atoms with Crippen molar-refractivity contribution in [2.45, 2.75) is 0 Å². The summed E-state index contributed by atoms with van der Waals surface area (Å²) in [4.78, 5) is 0. The van der Waals surface area contributed by atoms with Gasteiger partial charge in [-0.3, -0.25) is 0 Å². The zero-order valence-corrected chi connectivity index (χ0v) is 25.8. The first-order valence-corrected chi connectivity index (χ1v) is 16.9. The Balaban J connectivity index is 1.36. The summed E-state index contributed by atoms with van der Waals surface area (Å²) in [6, 6.07) is 55.7. The van der Waals surface area contributed by atoms with Gasteiger partial charge in [0.2, 0.25) is 0 Å². The number of benzene rings is 7. The van der Waals surface area contributed by atoms with E-state index in [1.165, 1.54) is 90.1 Å². The number of fused-ring (bicyclic) bond motifs is 9. The topological polar surface area (TPSA) is 4.93 Å². The van der Waals surface area contributed by atoms with Gasteiger partial charge in [-0.05, 0) is 52.6 Å². The third-order valence-corrected chi connectivity index (χ3v) is 11.6. The molecule has 45 heavy (non-hydrogen) atoms. The Hall–Kier alpha value is -5.22. The quantitative estimate of drug-likeness (QED) is 0.188. The predicted octanol–water partition coefficient (Wildman–Crippen LogP) is 12.9. The van der Waals surface area contributed by atoms with Gasteiger partial charge in [0, 0.05) is 46.4 Å². The third-order valence-electron chi connectivity index (χ3n) is 9.22. The molecule has 210 valence electrons. The standard InChI is InChI=1S/C42H25NS2/c1-2-12-26(13-3-1)27-24-25-31(30-17-11-23-38-39(30)32-16-6-9-22-37(32)44-38)40-33-18-10-21-36(41(33)45-42(27)40)43-34-19-7-4-14-28(34)29-15-5-8-20-35(29)43/h1-25H. The minimum Gasteiger partial charge on any atom is -0.308 e. The summed E-state index contributed by atoms with van der Waals surface area (Å²) in [7, 11) is 0. The van der Waals surface area contributed by atoms with E-state index in [-0.39, 0.29) is 0 Å². The lowest BCUT2D eigenvalue weighted by Crippen LogP contribution is -1.93. The highest BCUT2D eigenvalue weighted by atomic mass is 32.1. The zero-order valence-electron chi connectivity index (χ0n) is 24.2. The van der Waals surface area contributed by atoms with Crippen molar-refractivity contribution < 1.29 is 0 Å². The molecule has 0 atom stereocenters. The Labute approximate surface area is 267 Å². The third kappa shape index (κ3) is 3.60. The first kappa shape index (κ1) is 25.1. The number of hydrogen-bond acceptors (Lipinski definition) is 2. The van der Waals surface area contributed by atoms with Crippen LogP contribution >= 0.6 is 22.7 Å². The molecule has 0 saturated heterocycles. The molecule has 3 heteroatoms. The minimum atomic E-state index is 1.23. The van der Waals surface area contributed by atoms with Gasteiger partial charge in [0.05, 0.1) is 21.4 Å². The molecule has 10 aromatic rings. The van der Waals surface area contributed by atoms with Crippen molar-refractivity contribution in [1.82, 2.24) is 4.57 Å². The molecule has 0 radical (unpaired) electrons. The van der Waals surface area contributed by atoms with E-state index in [4.69, 9.17) is 0 Å². The second kappa shape index (κ2) is 9.64. The molecule has 3 aromatic heterocycles. The molecule has 7 aromatic carbocycles. The Morgan fingerprint density at radius 3 is 1.76 bits per heavy atom. The van der Waals surface area contributed by atoms with Crippen LogP contribution in [0.3, 0.4) is 0 Å². The number of thiophene rings is 2. The molecule has 0 bridgehead atoms. The van der Waals surface area contributed by atoms with E-state index in [9.17, 15) is 0 Å². The van der Waals surface area contributed by atoms with Gasteiger partial charge in [0.1, 0.15) is 0 Å². The van der Waals surface area contributed by atoms with Gasteiger partial charge >= 0.3 is 0 Å². The smallest absolute Gasteiger partial charge is 0.0640 e. The number of nitrogens with zero attached hydrogens (tertiary/aromatic N) is 1. The van der Waals surface area contributed by atoms with E-state index in [1.54, 1.807) is 0 Å². The maximum absolute atomic E-state index is 2.47. The van der Waals surface area contributed by atoms with Gasteiger partial charge in [0.15, 0.2) is 0 Å². The molecule has 0 saturated carbocycles.